The highest BCUT2D eigenvalue weighted by molar-refractivity contribution is 8.02. The number of nitrogens with zero attached hydrogens (tertiary/aromatic N) is 1. The maximum atomic E-state index is 14.3. The van der Waals surface area contributed by atoms with Crippen LogP contribution in [-0.2, 0) is 4.79 Å². The molecule has 1 aromatic carbocycles. The van der Waals surface area contributed by atoms with Gasteiger partial charge in [0.05, 0.1) is 20.8 Å². The standard InChI is InChI=1S/C20H19F5N2O3S/c1-19(20(23,24)25)9-12(11-4-5-13(21)15(22)16(11)30-3)17(31-19)18(28)27-10-6-7-26-14(8-10)29-2/h4-8,12,17H,9H2,1-3H3,(H,26,27,28)/i17D. The van der Waals surface area contributed by atoms with Crippen molar-refractivity contribution in [3.05, 3.63) is 47.7 Å². The third kappa shape index (κ3) is 4.41. The first-order chi connectivity index (χ1) is 14.9. The largest absolute Gasteiger partial charge is 0.493 e. The summed E-state index contributed by atoms with van der Waals surface area (Å²) in [5.41, 5.74) is -0.0602. The molecular formula is C20H19F5N2O3S. The molecule has 0 spiro atoms. The van der Waals surface area contributed by atoms with Gasteiger partial charge in [-0.3, -0.25) is 4.79 Å². The second kappa shape index (κ2) is 8.52. The Labute approximate surface area is 180 Å². The van der Waals surface area contributed by atoms with E-state index in [2.05, 4.69) is 10.3 Å². The van der Waals surface area contributed by atoms with Crippen molar-refractivity contribution in [2.45, 2.75) is 35.4 Å². The second-order valence-electron chi connectivity index (χ2n) is 6.98. The van der Waals surface area contributed by atoms with E-state index in [-0.39, 0.29) is 28.9 Å². The fourth-order valence-electron chi connectivity index (χ4n) is 3.29. The van der Waals surface area contributed by atoms with Crippen LogP contribution in [0.25, 0.3) is 0 Å². The number of amides is 1. The van der Waals surface area contributed by atoms with Gasteiger partial charge in [-0.2, -0.15) is 17.6 Å². The third-order valence-corrected chi connectivity index (χ3v) is 6.47. The Morgan fingerprint density at radius 3 is 2.61 bits per heavy atom. The lowest BCUT2D eigenvalue weighted by atomic mass is 9.85. The van der Waals surface area contributed by atoms with Crippen LogP contribution in [0.5, 0.6) is 11.6 Å². The summed E-state index contributed by atoms with van der Waals surface area (Å²) in [4.78, 5) is 17.0. The average molecular weight is 463 g/mol. The van der Waals surface area contributed by atoms with Gasteiger partial charge in [0.15, 0.2) is 11.6 Å². The van der Waals surface area contributed by atoms with Gasteiger partial charge in [-0.25, -0.2) is 9.37 Å². The van der Waals surface area contributed by atoms with Crippen molar-refractivity contribution in [2.24, 2.45) is 0 Å². The van der Waals surface area contributed by atoms with Gasteiger partial charge in [0.25, 0.3) is 0 Å². The van der Waals surface area contributed by atoms with E-state index >= 15 is 0 Å². The van der Waals surface area contributed by atoms with Crippen molar-refractivity contribution in [1.82, 2.24) is 4.98 Å². The zero-order chi connectivity index (χ0) is 23.9. The monoisotopic (exact) mass is 463 g/mol. The van der Waals surface area contributed by atoms with Crippen molar-refractivity contribution in [3.63, 3.8) is 0 Å². The van der Waals surface area contributed by atoms with Gasteiger partial charge in [0.2, 0.25) is 17.6 Å². The Balaban J connectivity index is 2.09. The Morgan fingerprint density at radius 1 is 1.29 bits per heavy atom. The normalized spacial score (nSPS) is 26.3. The number of aromatic nitrogens is 1. The summed E-state index contributed by atoms with van der Waals surface area (Å²) in [7, 11) is 2.37. The number of nitrogens with one attached hydrogen (secondary N) is 1. The summed E-state index contributed by atoms with van der Waals surface area (Å²) in [6.45, 7) is 0.871. The minimum atomic E-state index is -4.77. The van der Waals surface area contributed by atoms with Crippen LogP contribution in [0.15, 0.2) is 30.5 Å². The number of rotatable bonds is 5. The molecule has 11 heteroatoms. The van der Waals surface area contributed by atoms with Crippen molar-refractivity contribution in [3.8, 4) is 11.6 Å². The number of methoxy groups -OCH3 is 2. The molecule has 2 heterocycles. The van der Waals surface area contributed by atoms with E-state index in [0.717, 1.165) is 26.2 Å². The van der Waals surface area contributed by atoms with E-state index in [1.807, 2.05) is 0 Å². The molecule has 0 radical (unpaired) electrons. The van der Waals surface area contributed by atoms with Gasteiger partial charge in [0.1, 0.15) is 4.75 Å². The number of carbonyl (C=O) groups excluding carboxylic acids is 1. The Hall–Kier alpha value is -2.56. The van der Waals surface area contributed by atoms with E-state index in [1.165, 1.54) is 25.4 Å². The SMILES string of the molecule is [2H]C1(C(=O)Nc2ccnc(OC)c2)SC(C)(C(F)(F)F)CC1c1ccc(F)c(F)c1OC. The van der Waals surface area contributed by atoms with Gasteiger partial charge in [0, 0.05) is 29.4 Å². The molecule has 1 aromatic heterocycles. The molecule has 3 atom stereocenters. The number of alkyl halides is 3. The highest BCUT2D eigenvalue weighted by Gasteiger charge is 2.60. The smallest absolute Gasteiger partial charge is 0.403 e. The topological polar surface area (TPSA) is 60.5 Å². The van der Waals surface area contributed by atoms with Crippen LogP contribution in [-0.4, -0.2) is 41.3 Å². The lowest BCUT2D eigenvalue weighted by Crippen LogP contribution is -2.37. The molecule has 2 aromatic rings. The molecule has 3 unspecified atom stereocenters. The first-order valence-electron chi connectivity index (χ1n) is 9.46. The van der Waals surface area contributed by atoms with Crippen LogP contribution in [0, 0.1) is 11.6 Å². The number of pyridine rings is 1. The molecule has 1 aliphatic rings. The highest BCUT2D eigenvalue weighted by Crippen LogP contribution is 2.59. The minimum absolute atomic E-state index is 0.103. The first kappa shape index (κ1) is 21.7. The molecule has 0 bridgehead atoms. The van der Waals surface area contributed by atoms with Crippen molar-refractivity contribution in [1.29, 1.82) is 0 Å². The van der Waals surface area contributed by atoms with E-state index in [9.17, 15) is 26.7 Å². The zero-order valence-corrected chi connectivity index (χ0v) is 17.5. The molecular weight excluding hydrogens is 443 g/mol. The van der Waals surface area contributed by atoms with E-state index in [0.29, 0.717) is 0 Å². The number of anilines is 1. The second-order valence-corrected chi connectivity index (χ2v) is 8.52. The molecule has 0 saturated carbocycles. The molecule has 1 aliphatic heterocycles. The van der Waals surface area contributed by atoms with Crippen LogP contribution >= 0.6 is 11.8 Å². The van der Waals surface area contributed by atoms with Gasteiger partial charge < -0.3 is 14.8 Å². The van der Waals surface area contributed by atoms with E-state index in [4.69, 9.17) is 10.8 Å². The minimum Gasteiger partial charge on any atom is -0.493 e. The quantitative estimate of drug-likeness (QED) is 0.638. The molecule has 0 aliphatic carbocycles. The van der Waals surface area contributed by atoms with Crippen LogP contribution in [0.1, 0.15) is 26.2 Å². The van der Waals surface area contributed by atoms with Gasteiger partial charge in [-0.15, -0.1) is 11.8 Å². The molecule has 1 fully saturated rings. The highest BCUT2D eigenvalue weighted by atomic mass is 32.2. The molecule has 1 saturated heterocycles. The number of hydrogen-bond donors (Lipinski definition) is 1. The number of thioether (sulfide) groups is 1. The Bertz CT molecular complexity index is 1040. The van der Waals surface area contributed by atoms with Gasteiger partial charge in [-0.05, 0) is 25.5 Å². The number of ether oxygens (including phenoxy) is 2. The van der Waals surface area contributed by atoms with Crippen LogP contribution in [0.4, 0.5) is 27.6 Å². The average Bonchev–Trinajstić information content (AvgIpc) is 3.03. The van der Waals surface area contributed by atoms with Crippen molar-refractivity contribution < 1.29 is 37.6 Å². The predicted molar refractivity (Wildman–Crippen MR) is 106 cm³/mol. The Morgan fingerprint density at radius 2 is 2.00 bits per heavy atom. The maximum absolute atomic E-state index is 14.3. The number of hydrogen-bond acceptors (Lipinski definition) is 5. The maximum Gasteiger partial charge on any atom is 0.403 e. The summed E-state index contributed by atoms with van der Waals surface area (Å²) in [6.07, 6.45) is -4.19. The zero-order valence-electron chi connectivity index (χ0n) is 17.6. The fraction of sp³-hybridized carbons (Fsp3) is 0.400. The lowest BCUT2D eigenvalue weighted by molar-refractivity contribution is -0.155. The molecule has 5 nitrogen and oxygen atoms in total. The molecule has 31 heavy (non-hydrogen) atoms. The summed E-state index contributed by atoms with van der Waals surface area (Å²) >= 11 is 0.103. The molecule has 3 rings (SSSR count). The van der Waals surface area contributed by atoms with Crippen LogP contribution in [0.2, 0.25) is 0 Å². The molecule has 1 amide bonds. The number of carbonyl (C=O) groups is 1. The van der Waals surface area contributed by atoms with Gasteiger partial charge in [-0.1, -0.05) is 6.07 Å². The van der Waals surface area contributed by atoms with Crippen LogP contribution in [0.3, 0.4) is 0 Å². The van der Waals surface area contributed by atoms with E-state index in [1.54, 1.807) is 0 Å². The summed E-state index contributed by atoms with van der Waals surface area (Å²) in [5.74, 6) is -5.71. The molecule has 1 N–H and O–H groups in total. The van der Waals surface area contributed by atoms with Crippen molar-refractivity contribution in [2.75, 3.05) is 19.5 Å². The predicted octanol–water partition coefficient (Wildman–Crippen LogP) is 4.93. The summed E-state index contributed by atoms with van der Waals surface area (Å²) < 4.78 is 85.8. The third-order valence-electron chi connectivity index (χ3n) is 4.93. The van der Waals surface area contributed by atoms with Crippen LogP contribution < -0.4 is 14.8 Å². The summed E-state index contributed by atoms with van der Waals surface area (Å²) in [5, 5.41) is -0.0378. The Kier molecular flexibility index (Phi) is 5.96. The fourth-order valence-corrected chi connectivity index (χ4v) is 4.63. The van der Waals surface area contributed by atoms with Crippen molar-refractivity contribution >= 4 is 23.4 Å². The lowest BCUT2D eigenvalue weighted by Gasteiger charge is -2.26. The van der Waals surface area contributed by atoms with E-state index < -0.39 is 51.8 Å². The van der Waals surface area contributed by atoms with Gasteiger partial charge >= 0.3 is 6.18 Å². The number of halogens is 5. The first-order valence-corrected chi connectivity index (χ1v) is 9.78. The summed E-state index contributed by atoms with van der Waals surface area (Å²) in [6, 6.07) is 4.47. The molecule has 168 valence electrons. The number of benzene rings is 1.